The van der Waals surface area contributed by atoms with Gasteiger partial charge in [-0.15, -0.1) is 0 Å². The van der Waals surface area contributed by atoms with E-state index >= 15 is 0 Å². The summed E-state index contributed by atoms with van der Waals surface area (Å²) in [4.78, 5) is 11.9. The normalized spacial score (nSPS) is 12.4. The molecule has 112 valence electrons. The molecule has 0 aliphatic rings. The standard InChI is InChI=1S/C18H29NO/c1-5-16-8-10-17(11-9-16)12-13-18(20)19-15(4)7-6-14(2)3/h8-11,14-15H,5-7,12-13H2,1-4H3,(H,19,20). The van der Waals surface area contributed by atoms with Crippen molar-refractivity contribution in [1.29, 1.82) is 0 Å². The second kappa shape index (κ2) is 8.78. The second-order valence-electron chi connectivity index (χ2n) is 6.11. The number of benzene rings is 1. The zero-order chi connectivity index (χ0) is 15.0. The highest BCUT2D eigenvalue weighted by atomic mass is 16.1. The fourth-order valence-electron chi connectivity index (χ4n) is 2.20. The van der Waals surface area contributed by atoms with Gasteiger partial charge in [-0.05, 0) is 49.7 Å². The van der Waals surface area contributed by atoms with Gasteiger partial charge in [-0.25, -0.2) is 0 Å². The molecule has 0 heterocycles. The average Bonchev–Trinajstić information content (AvgIpc) is 2.43. The van der Waals surface area contributed by atoms with Gasteiger partial charge in [0.05, 0.1) is 0 Å². The monoisotopic (exact) mass is 275 g/mol. The Morgan fingerprint density at radius 2 is 1.65 bits per heavy atom. The van der Waals surface area contributed by atoms with Crippen molar-refractivity contribution in [2.45, 2.75) is 65.8 Å². The molecule has 2 nitrogen and oxygen atoms in total. The molecule has 0 fully saturated rings. The zero-order valence-electron chi connectivity index (χ0n) is 13.4. The summed E-state index contributed by atoms with van der Waals surface area (Å²) in [6, 6.07) is 8.85. The van der Waals surface area contributed by atoms with Crippen molar-refractivity contribution in [3.63, 3.8) is 0 Å². The van der Waals surface area contributed by atoms with E-state index in [1.807, 2.05) is 0 Å². The maximum absolute atomic E-state index is 11.9. The molecule has 1 aromatic rings. The molecule has 1 aromatic carbocycles. The molecule has 0 aliphatic carbocycles. The van der Waals surface area contributed by atoms with Gasteiger partial charge in [0.1, 0.15) is 0 Å². The molecule has 1 N–H and O–H groups in total. The lowest BCUT2D eigenvalue weighted by Gasteiger charge is -2.15. The first kappa shape index (κ1) is 16.7. The second-order valence-corrected chi connectivity index (χ2v) is 6.11. The van der Waals surface area contributed by atoms with E-state index in [0.29, 0.717) is 12.3 Å². The highest BCUT2D eigenvalue weighted by molar-refractivity contribution is 5.76. The van der Waals surface area contributed by atoms with E-state index in [9.17, 15) is 4.79 Å². The lowest BCUT2D eigenvalue weighted by molar-refractivity contribution is -0.121. The summed E-state index contributed by atoms with van der Waals surface area (Å²) in [5.41, 5.74) is 2.59. The number of carbonyl (C=O) groups excluding carboxylic acids is 1. The Hall–Kier alpha value is -1.31. The van der Waals surface area contributed by atoms with Gasteiger partial charge in [0, 0.05) is 12.5 Å². The van der Waals surface area contributed by atoms with Crippen LogP contribution in [0, 0.1) is 5.92 Å². The quantitative estimate of drug-likeness (QED) is 0.759. The number of carbonyl (C=O) groups is 1. The number of amides is 1. The molecule has 0 aliphatic heterocycles. The van der Waals surface area contributed by atoms with E-state index in [2.05, 4.69) is 57.3 Å². The van der Waals surface area contributed by atoms with Crippen LogP contribution in [0.4, 0.5) is 0 Å². The van der Waals surface area contributed by atoms with Crippen molar-refractivity contribution in [2.24, 2.45) is 5.92 Å². The number of hydrogen-bond acceptors (Lipinski definition) is 1. The number of aryl methyl sites for hydroxylation is 2. The van der Waals surface area contributed by atoms with Gasteiger partial charge in [0.25, 0.3) is 0 Å². The Morgan fingerprint density at radius 3 is 2.20 bits per heavy atom. The summed E-state index contributed by atoms with van der Waals surface area (Å²) in [7, 11) is 0. The molecule has 2 heteroatoms. The molecule has 0 radical (unpaired) electrons. The van der Waals surface area contributed by atoms with Gasteiger partial charge in [0.2, 0.25) is 5.91 Å². The summed E-state index contributed by atoms with van der Waals surface area (Å²) in [6.07, 6.45) is 4.70. The summed E-state index contributed by atoms with van der Waals surface area (Å²) >= 11 is 0. The molecular formula is C18H29NO. The van der Waals surface area contributed by atoms with Gasteiger partial charge in [-0.2, -0.15) is 0 Å². The highest BCUT2D eigenvalue weighted by Crippen LogP contribution is 2.09. The summed E-state index contributed by atoms with van der Waals surface area (Å²) in [5, 5.41) is 3.09. The number of rotatable bonds is 8. The molecule has 1 rings (SSSR count). The summed E-state index contributed by atoms with van der Waals surface area (Å²) < 4.78 is 0. The molecule has 0 spiro atoms. The Kier molecular flexibility index (Phi) is 7.35. The predicted molar refractivity (Wildman–Crippen MR) is 85.8 cm³/mol. The van der Waals surface area contributed by atoms with Crippen LogP contribution < -0.4 is 5.32 Å². The Morgan fingerprint density at radius 1 is 1.05 bits per heavy atom. The van der Waals surface area contributed by atoms with Gasteiger partial charge in [-0.3, -0.25) is 4.79 Å². The van der Waals surface area contributed by atoms with Crippen LogP contribution in [0.3, 0.4) is 0 Å². The SMILES string of the molecule is CCc1ccc(CCC(=O)NC(C)CCC(C)C)cc1. The van der Waals surface area contributed by atoms with Crippen LogP contribution in [0.5, 0.6) is 0 Å². The van der Waals surface area contributed by atoms with E-state index in [0.717, 1.165) is 19.3 Å². The van der Waals surface area contributed by atoms with Crippen molar-refractivity contribution in [3.05, 3.63) is 35.4 Å². The third-order valence-electron chi connectivity index (χ3n) is 3.66. The third-order valence-corrected chi connectivity index (χ3v) is 3.66. The Balaban J connectivity index is 2.28. The molecule has 20 heavy (non-hydrogen) atoms. The molecule has 1 amide bonds. The van der Waals surface area contributed by atoms with Gasteiger partial charge >= 0.3 is 0 Å². The molecule has 0 saturated heterocycles. The summed E-state index contributed by atoms with van der Waals surface area (Å²) in [6.45, 7) is 8.68. The van der Waals surface area contributed by atoms with Crippen LogP contribution in [-0.4, -0.2) is 11.9 Å². The fraction of sp³-hybridized carbons (Fsp3) is 0.611. The zero-order valence-corrected chi connectivity index (χ0v) is 13.4. The number of nitrogens with one attached hydrogen (secondary N) is 1. The topological polar surface area (TPSA) is 29.1 Å². The van der Waals surface area contributed by atoms with Crippen LogP contribution in [0.15, 0.2) is 24.3 Å². The molecule has 0 aromatic heterocycles. The largest absolute Gasteiger partial charge is 0.354 e. The molecule has 0 saturated carbocycles. The molecule has 1 atom stereocenters. The number of hydrogen-bond donors (Lipinski definition) is 1. The van der Waals surface area contributed by atoms with E-state index in [-0.39, 0.29) is 11.9 Å². The van der Waals surface area contributed by atoms with Crippen LogP contribution in [0.2, 0.25) is 0 Å². The van der Waals surface area contributed by atoms with Gasteiger partial charge in [0.15, 0.2) is 0 Å². The van der Waals surface area contributed by atoms with Crippen LogP contribution in [0.1, 0.15) is 58.1 Å². The smallest absolute Gasteiger partial charge is 0.220 e. The first-order valence-electron chi connectivity index (χ1n) is 7.88. The van der Waals surface area contributed by atoms with Gasteiger partial charge < -0.3 is 5.32 Å². The van der Waals surface area contributed by atoms with Crippen molar-refractivity contribution < 1.29 is 4.79 Å². The van der Waals surface area contributed by atoms with Crippen LogP contribution in [0.25, 0.3) is 0 Å². The highest BCUT2D eigenvalue weighted by Gasteiger charge is 2.08. The van der Waals surface area contributed by atoms with E-state index in [4.69, 9.17) is 0 Å². The van der Waals surface area contributed by atoms with E-state index in [1.165, 1.54) is 17.5 Å². The maximum Gasteiger partial charge on any atom is 0.220 e. The fourth-order valence-corrected chi connectivity index (χ4v) is 2.20. The average molecular weight is 275 g/mol. The lowest BCUT2D eigenvalue weighted by Crippen LogP contribution is -2.32. The van der Waals surface area contributed by atoms with Crippen molar-refractivity contribution in [3.8, 4) is 0 Å². The Labute approximate surface area is 124 Å². The Bertz CT molecular complexity index is 394. The maximum atomic E-state index is 11.9. The van der Waals surface area contributed by atoms with E-state index < -0.39 is 0 Å². The molecular weight excluding hydrogens is 246 g/mol. The first-order valence-corrected chi connectivity index (χ1v) is 7.88. The van der Waals surface area contributed by atoms with Gasteiger partial charge in [-0.1, -0.05) is 45.0 Å². The van der Waals surface area contributed by atoms with Crippen LogP contribution in [-0.2, 0) is 17.6 Å². The lowest BCUT2D eigenvalue weighted by atomic mass is 10.0. The van der Waals surface area contributed by atoms with Crippen molar-refractivity contribution in [1.82, 2.24) is 5.32 Å². The predicted octanol–water partition coefficient (Wildman–Crippen LogP) is 4.12. The minimum atomic E-state index is 0.167. The molecule has 0 bridgehead atoms. The van der Waals surface area contributed by atoms with Crippen molar-refractivity contribution >= 4 is 5.91 Å². The van der Waals surface area contributed by atoms with E-state index in [1.54, 1.807) is 0 Å². The first-order chi connectivity index (χ1) is 9.51. The van der Waals surface area contributed by atoms with Crippen molar-refractivity contribution in [2.75, 3.05) is 0 Å². The minimum absolute atomic E-state index is 0.167. The molecule has 1 unspecified atom stereocenters. The summed E-state index contributed by atoms with van der Waals surface area (Å²) in [5.74, 6) is 0.868. The third kappa shape index (κ3) is 6.74. The minimum Gasteiger partial charge on any atom is -0.354 e. The van der Waals surface area contributed by atoms with Crippen LogP contribution >= 0.6 is 0 Å².